The fraction of sp³-hybridized carbons (Fsp3) is 0.800. The van der Waals surface area contributed by atoms with E-state index in [4.69, 9.17) is 4.55 Å². The number of rotatable bonds is 5. The summed E-state index contributed by atoms with van der Waals surface area (Å²) in [6.45, 7) is 3.30. The van der Waals surface area contributed by atoms with Crippen LogP contribution in [0.5, 0.6) is 0 Å². The van der Waals surface area contributed by atoms with Crippen molar-refractivity contribution < 1.29 is 23.1 Å². The molecule has 6 nitrogen and oxygen atoms in total. The van der Waals surface area contributed by atoms with Gasteiger partial charge >= 0.3 is 5.97 Å². The van der Waals surface area contributed by atoms with Crippen LogP contribution < -0.4 is 4.89 Å². The largest absolute Gasteiger partial charge is 0.464 e. The van der Waals surface area contributed by atoms with Gasteiger partial charge in [-0.3, -0.25) is 9.39 Å². The Bertz CT molecular complexity index is 173. The SMILES string of the molecule is CCOC(=O)C(C)ONS(=O)O. The third-order valence-corrected chi connectivity index (χ3v) is 1.15. The van der Waals surface area contributed by atoms with Crippen LogP contribution in [-0.2, 0) is 25.6 Å². The standard InChI is InChI=1S/C5H11NO5S/c1-3-10-5(7)4(2)11-6-12(8)9/h4,6H,3H2,1-2H3,(H,8,9). The molecule has 12 heavy (non-hydrogen) atoms. The van der Waals surface area contributed by atoms with Crippen molar-refractivity contribution in [1.29, 1.82) is 0 Å². The van der Waals surface area contributed by atoms with Crippen LogP contribution in [0.2, 0.25) is 0 Å². The first-order valence-corrected chi connectivity index (χ1v) is 4.37. The van der Waals surface area contributed by atoms with Crippen LogP contribution in [0.25, 0.3) is 0 Å². The lowest BCUT2D eigenvalue weighted by Gasteiger charge is -2.09. The van der Waals surface area contributed by atoms with E-state index in [0.29, 0.717) is 0 Å². The Labute approximate surface area is 72.6 Å². The molecule has 0 heterocycles. The molecule has 0 saturated heterocycles. The van der Waals surface area contributed by atoms with Gasteiger partial charge in [-0.2, -0.15) is 0 Å². The van der Waals surface area contributed by atoms with Crippen LogP contribution in [0.15, 0.2) is 0 Å². The molecular formula is C5H11NO5S. The average molecular weight is 197 g/mol. The molecule has 7 heteroatoms. The van der Waals surface area contributed by atoms with E-state index in [1.165, 1.54) is 6.92 Å². The lowest BCUT2D eigenvalue weighted by Crippen LogP contribution is -2.30. The molecule has 0 saturated carbocycles. The highest BCUT2D eigenvalue weighted by molar-refractivity contribution is 7.76. The number of carbonyl (C=O) groups is 1. The molecule has 0 fully saturated rings. The second-order valence-corrected chi connectivity index (χ2v) is 2.51. The molecule has 0 aliphatic carbocycles. The smallest absolute Gasteiger partial charge is 0.337 e. The Kier molecular flexibility index (Phi) is 5.81. The third-order valence-electron chi connectivity index (χ3n) is 0.915. The maximum atomic E-state index is 10.8. The molecule has 2 atom stereocenters. The molecule has 0 spiro atoms. The van der Waals surface area contributed by atoms with Gasteiger partial charge in [-0.25, -0.2) is 9.00 Å². The summed E-state index contributed by atoms with van der Waals surface area (Å²) in [5.74, 6) is -0.588. The summed E-state index contributed by atoms with van der Waals surface area (Å²) in [4.78, 5) is 16.9. The summed E-state index contributed by atoms with van der Waals surface area (Å²) in [5, 5.41) is 0. The van der Waals surface area contributed by atoms with E-state index in [-0.39, 0.29) is 6.61 Å². The summed E-state index contributed by atoms with van der Waals surface area (Å²) in [6, 6.07) is 0. The number of carbonyl (C=O) groups excluding carboxylic acids is 1. The van der Waals surface area contributed by atoms with Crippen molar-refractivity contribution in [2.24, 2.45) is 0 Å². The molecule has 0 rings (SSSR count). The van der Waals surface area contributed by atoms with Crippen molar-refractivity contribution in [3.63, 3.8) is 0 Å². The van der Waals surface area contributed by atoms with Crippen molar-refractivity contribution >= 4 is 17.2 Å². The zero-order valence-corrected chi connectivity index (χ0v) is 7.59. The van der Waals surface area contributed by atoms with Crippen LogP contribution in [-0.4, -0.2) is 27.4 Å². The fourth-order valence-electron chi connectivity index (χ4n) is 0.421. The zero-order chi connectivity index (χ0) is 9.56. The summed E-state index contributed by atoms with van der Waals surface area (Å²) < 4.78 is 22.8. The topological polar surface area (TPSA) is 84.9 Å². The second kappa shape index (κ2) is 6.06. The number of hydrogen-bond donors (Lipinski definition) is 2. The van der Waals surface area contributed by atoms with Gasteiger partial charge < -0.3 is 4.74 Å². The Morgan fingerprint density at radius 2 is 2.33 bits per heavy atom. The number of hydrogen-bond acceptors (Lipinski definition) is 4. The molecule has 0 radical (unpaired) electrons. The van der Waals surface area contributed by atoms with E-state index in [1.807, 2.05) is 0 Å². The molecule has 2 N–H and O–H groups in total. The highest BCUT2D eigenvalue weighted by atomic mass is 32.2. The van der Waals surface area contributed by atoms with Crippen molar-refractivity contribution in [1.82, 2.24) is 4.89 Å². The van der Waals surface area contributed by atoms with Crippen LogP contribution in [0, 0.1) is 0 Å². The molecule has 72 valence electrons. The van der Waals surface area contributed by atoms with Gasteiger partial charge in [0, 0.05) is 0 Å². The lowest BCUT2D eigenvalue weighted by molar-refractivity contribution is -0.157. The van der Waals surface area contributed by atoms with Gasteiger partial charge in [-0.15, -0.1) is 0 Å². The van der Waals surface area contributed by atoms with E-state index >= 15 is 0 Å². The first-order chi connectivity index (χ1) is 5.57. The van der Waals surface area contributed by atoms with Crippen LogP contribution in [0.1, 0.15) is 13.8 Å². The Hall–Kier alpha value is -0.500. The molecule has 0 bridgehead atoms. The van der Waals surface area contributed by atoms with E-state index in [9.17, 15) is 9.00 Å². The van der Waals surface area contributed by atoms with Crippen molar-refractivity contribution in [2.45, 2.75) is 20.0 Å². The van der Waals surface area contributed by atoms with Crippen molar-refractivity contribution in [3.8, 4) is 0 Å². The highest BCUT2D eigenvalue weighted by Crippen LogP contribution is 1.91. The molecule has 0 aromatic rings. The van der Waals surface area contributed by atoms with Crippen LogP contribution in [0.3, 0.4) is 0 Å². The van der Waals surface area contributed by atoms with Crippen LogP contribution in [0.4, 0.5) is 0 Å². The number of esters is 1. The van der Waals surface area contributed by atoms with E-state index in [2.05, 4.69) is 9.57 Å². The monoisotopic (exact) mass is 197 g/mol. The normalized spacial score (nSPS) is 15.2. The minimum atomic E-state index is -2.29. The lowest BCUT2D eigenvalue weighted by atomic mass is 10.4. The minimum absolute atomic E-state index is 0.245. The van der Waals surface area contributed by atoms with Crippen LogP contribution >= 0.6 is 0 Å². The van der Waals surface area contributed by atoms with Crippen molar-refractivity contribution in [3.05, 3.63) is 0 Å². The molecular weight excluding hydrogens is 186 g/mol. The van der Waals surface area contributed by atoms with Gasteiger partial charge in [0.15, 0.2) is 6.10 Å². The van der Waals surface area contributed by atoms with E-state index in [1.54, 1.807) is 11.8 Å². The Balaban J connectivity index is 3.63. The summed E-state index contributed by atoms with van der Waals surface area (Å²) in [5.41, 5.74) is 0. The second-order valence-electron chi connectivity index (χ2n) is 1.84. The van der Waals surface area contributed by atoms with E-state index in [0.717, 1.165) is 0 Å². The molecule has 0 aliphatic rings. The van der Waals surface area contributed by atoms with Gasteiger partial charge in [0.25, 0.3) is 11.3 Å². The summed E-state index contributed by atoms with van der Waals surface area (Å²) in [6.07, 6.45) is -0.902. The van der Waals surface area contributed by atoms with Gasteiger partial charge in [-0.05, 0) is 13.8 Å². The molecule has 0 amide bonds. The van der Waals surface area contributed by atoms with Gasteiger partial charge in [0.1, 0.15) is 0 Å². The number of nitrogens with one attached hydrogen (secondary N) is 1. The maximum Gasteiger partial charge on any atom is 0.337 e. The van der Waals surface area contributed by atoms with Gasteiger partial charge in [0.2, 0.25) is 0 Å². The predicted octanol–water partition coefficient (Wildman–Crippen LogP) is -0.404. The predicted molar refractivity (Wildman–Crippen MR) is 41.1 cm³/mol. The summed E-state index contributed by atoms with van der Waals surface area (Å²) >= 11 is -2.29. The Morgan fingerprint density at radius 1 is 1.75 bits per heavy atom. The quantitative estimate of drug-likeness (QED) is 0.356. The number of ether oxygens (including phenoxy) is 1. The molecule has 2 unspecified atom stereocenters. The third kappa shape index (κ3) is 5.19. The first kappa shape index (κ1) is 11.5. The maximum absolute atomic E-state index is 10.8. The molecule has 0 aromatic heterocycles. The molecule has 0 aliphatic heterocycles. The highest BCUT2D eigenvalue weighted by Gasteiger charge is 2.14. The first-order valence-electron chi connectivity index (χ1n) is 3.26. The van der Waals surface area contributed by atoms with Crippen molar-refractivity contribution in [2.75, 3.05) is 6.61 Å². The fourth-order valence-corrected chi connectivity index (χ4v) is 0.648. The van der Waals surface area contributed by atoms with Gasteiger partial charge in [-0.1, -0.05) is 4.89 Å². The zero-order valence-electron chi connectivity index (χ0n) is 6.77. The summed E-state index contributed by atoms with van der Waals surface area (Å²) in [7, 11) is 0. The molecule has 0 aromatic carbocycles. The van der Waals surface area contributed by atoms with E-state index < -0.39 is 23.3 Å². The van der Waals surface area contributed by atoms with Gasteiger partial charge in [0.05, 0.1) is 6.61 Å². The Morgan fingerprint density at radius 3 is 2.75 bits per heavy atom. The average Bonchev–Trinajstić information content (AvgIpc) is 2.00. The minimum Gasteiger partial charge on any atom is -0.464 e.